The van der Waals surface area contributed by atoms with Gasteiger partial charge in [0.1, 0.15) is 5.75 Å². The number of aryl methyl sites for hydroxylation is 1. The molecule has 0 atom stereocenters. The van der Waals surface area contributed by atoms with Crippen LogP contribution in [0.5, 0.6) is 5.75 Å². The lowest BCUT2D eigenvalue weighted by Crippen LogP contribution is -1.98. The van der Waals surface area contributed by atoms with Gasteiger partial charge in [0.25, 0.3) is 0 Å². The minimum absolute atomic E-state index is 0.695. The molecule has 0 bridgehead atoms. The number of ether oxygens (including phenoxy) is 1. The second kappa shape index (κ2) is 7.81. The van der Waals surface area contributed by atoms with Gasteiger partial charge in [-0.3, -0.25) is 0 Å². The van der Waals surface area contributed by atoms with Crippen LogP contribution in [0.2, 0.25) is 5.02 Å². The Labute approximate surface area is 108 Å². The molecule has 0 unspecified atom stereocenters. The third-order valence-electron chi connectivity index (χ3n) is 2.37. The minimum atomic E-state index is 0.695. The average Bonchev–Trinajstić information content (AvgIpc) is 2.26. The highest BCUT2D eigenvalue weighted by Gasteiger charge is 2.00. The van der Waals surface area contributed by atoms with Crippen molar-refractivity contribution in [1.82, 2.24) is 0 Å². The number of rotatable bonds is 7. The normalized spacial score (nSPS) is 10.4. The molecule has 0 spiro atoms. The standard InChI is InChI=1S/C13H18Cl2O/c1-11-6-7-13(12(15)10-11)16-9-5-3-2-4-8-14/h6-7,10H,2-5,8-9H2,1H3. The summed E-state index contributed by atoms with van der Waals surface area (Å²) in [6, 6.07) is 5.86. The summed E-state index contributed by atoms with van der Waals surface area (Å²) in [5, 5.41) is 0.695. The molecule has 1 rings (SSSR count). The van der Waals surface area contributed by atoms with Crippen LogP contribution in [0, 0.1) is 6.92 Å². The predicted molar refractivity (Wildman–Crippen MR) is 70.9 cm³/mol. The first-order chi connectivity index (χ1) is 7.74. The van der Waals surface area contributed by atoms with Gasteiger partial charge in [-0.2, -0.15) is 0 Å². The molecule has 0 aliphatic rings. The van der Waals surface area contributed by atoms with E-state index in [2.05, 4.69) is 0 Å². The second-order valence-electron chi connectivity index (χ2n) is 3.89. The largest absolute Gasteiger partial charge is 0.492 e. The van der Waals surface area contributed by atoms with Crippen molar-refractivity contribution in [3.63, 3.8) is 0 Å². The van der Waals surface area contributed by atoms with Gasteiger partial charge in [-0.15, -0.1) is 11.6 Å². The number of benzene rings is 1. The molecule has 0 amide bonds. The molecule has 1 aromatic carbocycles. The first-order valence-corrected chi connectivity index (χ1v) is 6.60. The highest BCUT2D eigenvalue weighted by Crippen LogP contribution is 2.25. The minimum Gasteiger partial charge on any atom is -0.492 e. The molecule has 1 nitrogen and oxygen atoms in total. The Balaban J connectivity index is 2.21. The molecule has 0 fully saturated rings. The Morgan fingerprint density at radius 1 is 1.12 bits per heavy atom. The van der Waals surface area contributed by atoms with Gasteiger partial charge < -0.3 is 4.74 Å². The monoisotopic (exact) mass is 260 g/mol. The van der Waals surface area contributed by atoms with Crippen LogP contribution in [-0.4, -0.2) is 12.5 Å². The summed E-state index contributed by atoms with van der Waals surface area (Å²) >= 11 is 11.6. The van der Waals surface area contributed by atoms with Crippen molar-refractivity contribution in [2.24, 2.45) is 0 Å². The Bertz CT molecular complexity index is 313. The first-order valence-electron chi connectivity index (χ1n) is 5.69. The number of halogens is 2. The summed E-state index contributed by atoms with van der Waals surface area (Å²) in [6.07, 6.45) is 4.48. The van der Waals surface area contributed by atoms with Crippen molar-refractivity contribution < 1.29 is 4.74 Å². The molecule has 90 valence electrons. The molecule has 1 aromatic rings. The molecule has 0 N–H and O–H groups in total. The smallest absolute Gasteiger partial charge is 0.137 e. The van der Waals surface area contributed by atoms with Crippen LogP contribution in [0.1, 0.15) is 31.2 Å². The highest BCUT2D eigenvalue weighted by molar-refractivity contribution is 6.32. The van der Waals surface area contributed by atoms with Gasteiger partial charge in [0.05, 0.1) is 11.6 Å². The van der Waals surface area contributed by atoms with Crippen LogP contribution in [0.4, 0.5) is 0 Å². The first kappa shape index (κ1) is 13.7. The van der Waals surface area contributed by atoms with Crippen LogP contribution < -0.4 is 4.74 Å². The zero-order valence-corrected chi connectivity index (χ0v) is 11.2. The van der Waals surface area contributed by atoms with Crippen LogP contribution in [0.15, 0.2) is 18.2 Å². The van der Waals surface area contributed by atoms with E-state index in [0.717, 1.165) is 43.1 Å². The van der Waals surface area contributed by atoms with Crippen molar-refractivity contribution in [2.45, 2.75) is 32.6 Å². The van der Waals surface area contributed by atoms with Crippen LogP contribution in [0.3, 0.4) is 0 Å². The fourth-order valence-electron chi connectivity index (χ4n) is 1.46. The van der Waals surface area contributed by atoms with Crippen molar-refractivity contribution in [3.05, 3.63) is 28.8 Å². The van der Waals surface area contributed by atoms with E-state index in [1.165, 1.54) is 6.42 Å². The molecular weight excluding hydrogens is 243 g/mol. The van der Waals surface area contributed by atoms with E-state index in [0.29, 0.717) is 5.02 Å². The third-order valence-corrected chi connectivity index (χ3v) is 2.94. The van der Waals surface area contributed by atoms with E-state index < -0.39 is 0 Å². The van der Waals surface area contributed by atoms with Gasteiger partial charge in [0, 0.05) is 5.88 Å². The summed E-state index contributed by atoms with van der Waals surface area (Å²) in [7, 11) is 0. The second-order valence-corrected chi connectivity index (χ2v) is 4.67. The van der Waals surface area contributed by atoms with E-state index in [1.807, 2.05) is 25.1 Å². The average molecular weight is 261 g/mol. The SMILES string of the molecule is Cc1ccc(OCCCCCCCl)c(Cl)c1. The van der Waals surface area contributed by atoms with Gasteiger partial charge in [-0.25, -0.2) is 0 Å². The Morgan fingerprint density at radius 2 is 1.88 bits per heavy atom. The predicted octanol–water partition coefficient (Wildman–Crippen LogP) is 4.83. The van der Waals surface area contributed by atoms with Crippen molar-refractivity contribution >= 4 is 23.2 Å². The van der Waals surface area contributed by atoms with Crippen molar-refractivity contribution in [1.29, 1.82) is 0 Å². The number of hydrogen-bond donors (Lipinski definition) is 0. The molecule has 0 saturated carbocycles. The molecule has 0 aliphatic heterocycles. The molecule has 0 radical (unpaired) electrons. The number of alkyl halides is 1. The molecule has 3 heteroatoms. The van der Waals surface area contributed by atoms with E-state index in [1.54, 1.807) is 0 Å². The lowest BCUT2D eigenvalue weighted by molar-refractivity contribution is 0.305. The molecule has 0 saturated heterocycles. The lowest BCUT2D eigenvalue weighted by Gasteiger charge is -2.08. The van der Waals surface area contributed by atoms with Crippen LogP contribution in [0.25, 0.3) is 0 Å². The Morgan fingerprint density at radius 3 is 2.56 bits per heavy atom. The quantitative estimate of drug-likeness (QED) is 0.504. The summed E-state index contributed by atoms with van der Waals surface area (Å²) in [4.78, 5) is 0. The van der Waals surface area contributed by atoms with Gasteiger partial charge >= 0.3 is 0 Å². The number of unbranched alkanes of at least 4 members (excludes halogenated alkanes) is 3. The van der Waals surface area contributed by atoms with Gasteiger partial charge in [0.2, 0.25) is 0 Å². The Kier molecular flexibility index (Phi) is 6.67. The zero-order valence-electron chi connectivity index (χ0n) is 9.64. The molecule has 0 aromatic heterocycles. The van der Waals surface area contributed by atoms with Gasteiger partial charge in [-0.05, 0) is 37.5 Å². The topological polar surface area (TPSA) is 9.23 Å². The maximum absolute atomic E-state index is 6.05. The van der Waals surface area contributed by atoms with Gasteiger partial charge in [0.15, 0.2) is 0 Å². The molecule has 0 heterocycles. The fraction of sp³-hybridized carbons (Fsp3) is 0.538. The van der Waals surface area contributed by atoms with Gasteiger partial charge in [-0.1, -0.05) is 30.5 Å². The molecule has 16 heavy (non-hydrogen) atoms. The molecule has 0 aliphatic carbocycles. The summed E-state index contributed by atoms with van der Waals surface area (Å²) in [5.41, 5.74) is 1.15. The summed E-state index contributed by atoms with van der Waals surface area (Å²) < 4.78 is 5.61. The molecular formula is C13H18Cl2O. The maximum Gasteiger partial charge on any atom is 0.137 e. The van der Waals surface area contributed by atoms with Crippen LogP contribution >= 0.6 is 23.2 Å². The number of hydrogen-bond acceptors (Lipinski definition) is 1. The Hall–Kier alpha value is -0.400. The van der Waals surface area contributed by atoms with E-state index >= 15 is 0 Å². The van der Waals surface area contributed by atoms with Crippen molar-refractivity contribution in [2.75, 3.05) is 12.5 Å². The summed E-state index contributed by atoms with van der Waals surface area (Å²) in [6.45, 7) is 2.74. The fourth-order valence-corrected chi connectivity index (χ4v) is 1.93. The third kappa shape index (κ3) is 5.09. The summed E-state index contributed by atoms with van der Waals surface area (Å²) in [5.74, 6) is 1.54. The van der Waals surface area contributed by atoms with E-state index in [9.17, 15) is 0 Å². The van der Waals surface area contributed by atoms with E-state index in [-0.39, 0.29) is 0 Å². The lowest BCUT2D eigenvalue weighted by atomic mass is 10.2. The van der Waals surface area contributed by atoms with Crippen molar-refractivity contribution in [3.8, 4) is 5.75 Å². The van der Waals surface area contributed by atoms with Crippen LogP contribution in [-0.2, 0) is 0 Å². The zero-order chi connectivity index (χ0) is 11.8. The van der Waals surface area contributed by atoms with E-state index in [4.69, 9.17) is 27.9 Å². The highest BCUT2D eigenvalue weighted by atomic mass is 35.5. The maximum atomic E-state index is 6.05.